The van der Waals surface area contributed by atoms with Gasteiger partial charge in [0.25, 0.3) is 0 Å². The molecule has 0 radical (unpaired) electrons. The highest BCUT2D eigenvalue weighted by Gasteiger charge is 2.56. The van der Waals surface area contributed by atoms with Gasteiger partial charge >= 0.3 is 7.05 Å². The van der Waals surface area contributed by atoms with E-state index < -0.39 is 0 Å². The lowest BCUT2D eigenvalue weighted by molar-refractivity contribution is 0.106. The number of rotatable bonds is 2. The van der Waals surface area contributed by atoms with Gasteiger partial charge in [0.2, 0.25) is 0 Å². The van der Waals surface area contributed by atoms with E-state index in [4.69, 9.17) is 4.65 Å². The Morgan fingerprint density at radius 1 is 0.957 bits per heavy atom. The van der Waals surface area contributed by atoms with Gasteiger partial charge in [-0.15, -0.1) is 0 Å². The first-order valence-electron chi connectivity index (χ1n) is 8.87. The topological polar surface area (TPSA) is 12.5 Å². The zero-order valence-corrected chi connectivity index (χ0v) is 14.4. The first-order chi connectivity index (χ1) is 11.3. The monoisotopic (exact) mass is 307 g/mol. The highest BCUT2D eigenvalue weighted by atomic mass is 16.5. The molecule has 2 aliphatic rings. The lowest BCUT2D eigenvalue weighted by atomic mass is 9.79. The van der Waals surface area contributed by atoms with Gasteiger partial charge in [-0.2, -0.15) is 0 Å². The average Bonchev–Trinajstić information content (AvgIpc) is 3.22. The summed E-state index contributed by atoms with van der Waals surface area (Å²) in [5.74, 6) is 0. The minimum atomic E-state index is -0.321. The summed E-state index contributed by atoms with van der Waals surface area (Å²) in [6.07, 6.45) is 2.47. The maximum Gasteiger partial charge on any atom is 0.380 e. The molecular weight excluding hydrogens is 281 g/mol. The first kappa shape index (κ1) is 16.3. The van der Waals surface area contributed by atoms with E-state index in [0.717, 1.165) is 6.54 Å². The molecule has 2 saturated heterocycles. The van der Waals surface area contributed by atoms with Gasteiger partial charge in [0.1, 0.15) is 5.60 Å². The molecule has 2 aromatic rings. The Morgan fingerprint density at radius 3 is 2.00 bits per heavy atom. The van der Waals surface area contributed by atoms with Gasteiger partial charge in [-0.05, 0) is 37.3 Å². The molecule has 2 aromatic carbocycles. The fourth-order valence-corrected chi connectivity index (χ4v) is 4.14. The van der Waals surface area contributed by atoms with E-state index in [2.05, 4.69) is 72.3 Å². The second-order valence-electron chi connectivity index (χ2n) is 6.08. The van der Waals surface area contributed by atoms with Crippen LogP contribution in [-0.2, 0) is 10.3 Å². The van der Waals surface area contributed by atoms with Crippen LogP contribution in [-0.4, -0.2) is 24.4 Å². The van der Waals surface area contributed by atoms with E-state index in [-0.39, 0.29) is 12.7 Å². The molecule has 2 aliphatic heterocycles. The smallest absolute Gasteiger partial charge is 0.380 e. The Hall–Kier alpha value is -1.58. The van der Waals surface area contributed by atoms with E-state index >= 15 is 0 Å². The molecule has 0 saturated carbocycles. The van der Waals surface area contributed by atoms with E-state index in [1.54, 1.807) is 0 Å². The summed E-state index contributed by atoms with van der Waals surface area (Å²) in [6, 6.07) is 21.9. The lowest BCUT2D eigenvalue weighted by Crippen LogP contribution is -2.41. The standard InChI is InChI=1S/C18H20BNO.C2H6/c1-19-20-14-8-13-17(20)18(21-19,15-9-4-2-5-10-15)16-11-6-3-7-12-16;1-2/h2-7,9-12,17H,8,13-14H2,1H3;1-2H3/t17-;/m0./s1. The van der Waals surface area contributed by atoms with Crippen molar-refractivity contribution in [3.63, 3.8) is 0 Å². The average molecular weight is 307 g/mol. The van der Waals surface area contributed by atoms with Crippen molar-refractivity contribution in [2.24, 2.45) is 0 Å². The molecule has 2 nitrogen and oxygen atoms in total. The predicted octanol–water partition coefficient (Wildman–Crippen LogP) is 4.57. The van der Waals surface area contributed by atoms with Gasteiger partial charge < -0.3 is 9.47 Å². The van der Waals surface area contributed by atoms with Crippen LogP contribution >= 0.6 is 0 Å². The highest BCUT2D eigenvalue weighted by Crippen LogP contribution is 2.48. The summed E-state index contributed by atoms with van der Waals surface area (Å²) in [5, 5.41) is 0. The van der Waals surface area contributed by atoms with Crippen LogP contribution in [0.5, 0.6) is 0 Å². The largest absolute Gasteiger partial charge is 0.406 e. The Labute approximate surface area is 140 Å². The van der Waals surface area contributed by atoms with E-state index in [1.807, 2.05) is 13.8 Å². The molecule has 0 spiro atoms. The molecule has 120 valence electrons. The molecule has 1 atom stereocenters. The van der Waals surface area contributed by atoms with Crippen molar-refractivity contribution in [2.75, 3.05) is 6.54 Å². The molecule has 0 aliphatic carbocycles. The van der Waals surface area contributed by atoms with Crippen LogP contribution in [0.4, 0.5) is 0 Å². The van der Waals surface area contributed by atoms with Crippen LogP contribution in [0.1, 0.15) is 37.8 Å². The van der Waals surface area contributed by atoms with E-state index in [1.165, 1.54) is 24.0 Å². The van der Waals surface area contributed by atoms with Crippen molar-refractivity contribution in [1.82, 2.24) is 4.81 Å². The number of nitrogens with zero attached hydrogens (tertiary/aromatic N) is 1. The Kier molecular flexibility index (Phi) is 4.89. The van der Waals surface area contributed by atoms with Crippen LogP contribution in [0.15, 0.2) is 60.7 Å². The number of hydrogen-bond donors (Lipinski definition) is 0. The van der Waals surface area contributed by atoms with Crippen molar-refractivity contribution in [3.8, 4) is 0 Å². The van der Waals surface area contributed by atoms with Gasteiger partial charge in [0, 0.05) is 6.04 Å². The normalized spacial score (nSPS) is 22.4. The maximum absolute atomic E-state index is 6.61. The summed E-state index contributed by atoms with van der Waals surface area (Å²) in [7, 11) is 0.179. The summed E-state index contributed by atoms with van der Waals surface area (Å²) in [5.41, 5.74) is 2.23. The Bertz CT molecular complexity index is 577. The Balaban J connectivity index is 0.000000753. The van der Waals surface area contributed by atoms with Crippen LogP contribution in [0, 0.1) is 0 Å². The summed E-state index contributed by atoms with van der Waals surface area (Å²) >= 11 is 0. The van der Waals surface area contributed by atoms with Gasteiger partial charge in [-0.3, -0.25) is 0 Å². The van der Waals surface area contributed by atoms with E-state index in [9.17, 15) is 0 Å². The fourth-order valence-electron chi connectivity index (χ4n) is 4.14. The number of fused-ring (bicyclic) bond motifs is 1. The summed E-state index contributed by atoms with van der Waals surface area (Å²) in [6.45, 7) is 7.33. The van der Waals surface area contributed by atoms with E-state index in [0.29, 0.717) is 6.04 Å². The lowest BCUT2D eigenvalue weighted by Gasteiger charge is -2.36. The molecule has 4 rings (SSSR count). The SMILES string of the molecule is CB1OC(c2ccccc2)(c2ccccc2)[C@@H]2CCCN12.CC. The van der Waals surface area contributed by atoms with Crippen molar-refractivity contribution in [3.05, 3.63) is 71.8 Å². The molecular formula is C20H26BNO. The third-order valence-corrected chi connectivity index (χ3v) is 4.99. The summed E-state index contributed by atoms with van der Waals surface area (Å²) in [4.78, 5) is 2.53. The molecule has 0 amide bonds. The van der Waals surface area contributed by atoms with Gasteiger partial charge in [-0.25, -0.2) is 0 Å². The highest BCUT2D eigenvalue weighted by molar-refractivity contribution is 6.48. The molecule has 0 aromatic heterocycles. The van der Waals surface area contributed by atoms with Crippen molar-refractivity contribution in [1.29, 1.82) is 0 Å². The second-order valence-corrected chi connectivity index (χ2v) is 6.08. The van der Waals surface area contributed by atoms with Gasteiger partial charge in [0.15, 0.2) is 0 Å². The zero-order chi connectivity index (χ0) is 16.3. The molecule has 2 heterocycles. The van der Waals surface area contributed by atoms with Crippen LogP contribution in [0.2, 0.25) is 6.82 Å². The first-order valence-corrected chi connectivity index (χ1v) is 8.87. The third kappa shape index (κ3) is 2.62. The minimum absolute atomic E-state index is 0.179. The van der Waals surface area contributed by atoms with Crippen LogP contribution in [0.25, 0.3) is 0 Å². The van der Waals surface area contributed by atoms with Gasteiger partial charge in [0.05, 0.1) is 0 Å². The second kappa shape index (κ2) is 6.90. The number of hydrogen-bond acceptors (Lipinski definition) is 2. The molecule has 0 unspecified atom stereocenters. The third-order valence-electron chi connectivity index (χ3n) is 4.99. The number of benzene rings is 2. The molecule has 23 heavy (non-hydrogen) atoms. The van der Waals surface area contributed by atoms with Crippen molar-refractivity contribution in [2.45, 2.75) is 45.2 Å². The van der Waals surface area contributed by atoms with Crippen LogP contribution < -0.4 is 0 Å². The van der Waals surface area contributed by atoms with Gasteiger partial charge in [-0.1, -0.05) is 74.5 Å². The van der Waals surface area contributed by atoms with Crippen molar-refractivity contribution < 1.29 is 4.65 Å². The fraction of sp³-hybridized carbons (Fsp3) is 0.400. The van der Waals surface area contributed by atoms with Crippen LogP contribution in [0.3, 0.4) is 0 Å². The molecule has 0 N–H and O–H groups in total. The Morgan fingerprint density at radius 2 is 1.48 bits per heavy atom. The molecule has 2 fully saturated rings. The zero-order valence-electron chi connectivity index (χ0n) is 14.4. The maximum atomic E-state index is 6.61. The quantitative estimate of drug-likeness (QED) is 0.754. The van der Waals surface area contributed by atoms with Crippen molar-refractivity contribution >= 4 is 7.05 Å². The minimum Gasteiger partial charge on any atom is -0.406 e. The predicted molar refractivity (Wildman–Crippen MR) is 97.4 cm³/mol. The molecule has 3 heteroatoms. The molecule has 0 bridgehead atoms. The summed E-state index contributed by atoms with van der Waals surface area (Å²) < 4.78 is 6.61.